The summed E-state index contributed by atoms with van der Waals surface area (Å²) in [5.74, 6) is 0. The zero-order valence-corrected chi connectivity index (χ0v) is 10.6. The summed E-state index contributed by atoms with van der Waals surface area (Å²) in [7, 11) is 1.75. The third kappa shape index (κ3) is 6.85. The Morgan fingerprint density at radius 2 is 1.88 bits per heavy atom. The molecule has 6 heteroatoms. The van der Waals surface area contributed by atoms with Crippen molar-refractivity contribution < 1.29 is 23.0 Å². The number of rotatable bonds is 8. The van der Waals surface area contributed by atoms with Crippen LogP contribution in [0.5, 0.6) is 0 Å². The van der Waals surface area contributed by atoms with E-state index in [2.05, 4.69) is 10.1 Å². The zero-order chi connectivity index (χ0) is 13.5. The summed E-state index contributed by atoms with van der Waals surface area (Å²) in [6, 6.07) is 0. The molecule has 0 bridgehead atoms. The van der Waals surface area contributed by atoms with Crippen LogP contribution in [0.3, 0.4) is 0 Å². The summed E-state index contributed by atoms with van der Waals surface area (Å²) in [6.45, 7) is 2.97. The van der Waals surface area contributed by atoms with Crippen LogP contribution in [-0.2, 0) is 4.74 Å². The van der Waals surface area contributed by atoms with Crippen LogP contribution < -0.4 is 5.32 Å². The molecule has 2 N–H and O–H groups in total. The van der Waals surface area contributed by atoms with Gasteiger partial charge in [-0.15, -0.1) is 0 Å². The molecule has 104 valence electrons. The molecule has 0 aromatic rings. The van der Waals surface area contributed by atoms with Gasteiger partial charge in [-0.3, -0.25) is 0 Å². The van der Waals surface area contributed by atoms with Crippen molar-refractivity contribution in [1.82, 2.24) is 5.32 Å². The summed E-state index contributed by atoms with van der Waals surface area (Å²) >= 11 is 0. The molecule has 0 aliphatic rings. The van der Waals surface area contributed by atoms with Crippen molar-refractivity contribution in [3.05, 3.63) is 0 Å². The predicted molar refractivity (Wildman–Crippen MR) is 59.9 cm³/mol. The highest BCUT2D eigenvalue weighted by Gasteiger charge is 2.36. The lowest BCUT2D eigenvalue weighted by Gasteiger charge is -2.26. The molecule has 0 aromatic carbocycles. The van der Waals surface area contributed by atoms with Crippen molar-refractivity contribution in [1.29, 1.82) is 0 Å². The highest BCUT2D eigenvalue weighted by atomic mass is 19.4. The van der Waals surface area contributed by atoms with Crippen molar-refractivity contribution in [3.63, 3.8) is 0 Å². The number of alkyl halides is 3. The zero-order valence-electron chi connectivity index (χ0n) is 10.6. The molecule has 0 aliphatic carbocycles. The van der Waals surface area contributed by atoms with Gasteiger partial charge in [0.25, 0.3) is 0 Å². The topological polar surface area (TPSA) is 41.5 Å². The summed E-state index contributed by atoms with van der Waals surface area (Å²) in [5.41, 5.74) is -0.365. The van der Waals surface area contributed by atoms with E-state index in [4.69, 9.17) is 5.11 Å². The number of hydrogen-bond donors (Lipinski definition) is 2. The molecule has 2 atom stereocenters. The molecule has 0 rings (SSSR count). The van der Waals surface area contributed by atoms with E-state index >= 15 is 0 Å². The smallest absolute Gasteiger partial charge is 0.394 e. The van der Waals surface area contributed by atoms with Crippen LogP contribution in [0.1, 0.15) is 33.1 Å². The summed E-state index contributed by atoms with van der Waals surface area (Å²) < 4.78 is 40.9. The first-order valence-corrected chi connectivity index (χ1v) is 5.73. The molecule has 0 spiro atoms. The Morgan fingerprint density at radius 1 is 1.29 bits per heavy atom. The van der Waals surface area contributed by atoms with Crippen LogP contribution in [-0.4, -0.2) is 43.2 Å². The second kappa shape index (κ2) is 7.18. The normalized spacial score (nSPS) is 17.8. The van der Waals surface area contributed by atoms with Gasteiger partial charge in [0, 0.05) is 12.1 Å². The maximum Gasteiger partial charge on any atom is 0.414 e. The molecular weight excluding hydrogens is 235 g/mol. The van der Waals surface area contributed by atoms with Crippen LogP contribution in [0.15, 0.2) is 0 Å². The Balaban J connectivity index is 3.66. The third-order valence-electron chi connectivity index (χ3n) is 2.90. The monoisotopic (exact) mass is 257 g/mol. The fraction of sp³-hybridized carbons (Fsp3) is 1.00. The Labute approximate surface area is 100 Å². The van der Waals surface area contributed by atoms with E-state index in [-0.39, 0.29) is 18.8 Å². The number of aliphatic hydroxyl groups excluding tert-OH is 1. The molecule has 0 heterocycles. The number of unbranched alkanes of at least 4 members (excludes halogenated alkanes) is 1. The van der Waals surface area contributed by atoms with Gasteiger partial charge in [0.15, 0.2) is 6.10 Å². The number of aliphatic hydroxyl groups is 1. The molecule has 0 aromatic heterocycles. The van der Waals surface area contributed by atoms with E-state index < -0.39 is 12.3 Å². The van der Waals surface area contributed by atoms with Gasteiger partial charge >= 0.3 is 6.18 Å². The molecule has 17 heavy (non-hydrogen) atoms. The van der Waals surface area contributed by atoms with E-state index in [1.165, 1.54) is 0 Å². The summed E-state index contributed by atoms with van der Waals surface area (Å²) in [5, 5.41) is 12.1. The quantitative estimate of drug-likeness (QED) is 0.654. The van der Waals surface area contributed by atoms with Crippen LogP contribution >= 0.6 is 0 Å². The summed E-state index contributed by atoms with van der Waals surface area (Å²) in [6.07, 6.45) is -4.04. The lowest BCUT2D eigenvalue weighted by Crippen LogP contribution is -2.43. The summed E-state index contributed by atoms with van der Waals surface area (Å²) in [4.78, 5) is 0. The first-order chi connectivity index (χ1) is 7.75. The van der Waals surface area contributed by atoms with E-state index in [0.29, 0.717) is 19.3 Å². The molecule has 0 amide bonds. The second-order valence-electron chi connectivity index (χ2n) is 4.48. The fourth-order valence-electron chi connectivity index (χ4n) is 1.25. The van der Waals surface area contributed by atoms with Crippen LogP contribution in [0.4, 0.5) is 13.2 Å². The van der Waals surface area contributed by atoms with Gasteiger partial charge in [-0.25, -0.2) is 0 Å². The van der Waals surface area contributed by atoms with Crippen molar-refractivity contribution in [3.8, 4) is 0 Å². The minimum absolute atomic E-state index is 0.00328. The van der Waals surface area contributed by atoms with Crippen LogP contribution in [0, 0.1) is 0 Å². The van der Waals surface area contributed by atoms with Crippen molar-refractivity contribution in [2.45, 2.75) is 50.9 Å². The highest BCUT2D eigenvalue weighted by molar-refractivity contribution is 4.79. The van der Waals surface area contributed by atoms with Gasteiger partial charge in [-0.05, 0) is 40.2 Å². The van der Waals surface area contributed by atoms with Crippen molar-refractivity contribution >= 4 is 0 Å². The number of likely N-dealkylation sites (N-methyl/N-ethyl adjacent to an activating group) is 1. The SMILES string of the molecule is CNC(C)(CO)CCCCOC(C)C(F)(F)F. The Hall–Kier alpha value is -0.330. The first kappa shape index (κ1) is 16.7. The molecule has 0 radical (unpaired) electrons. The third-order valence-corrected chi connectivity index (χ3v) is 2.90. The van der Waals surface area contributed by atoms with Gasteiger partial charge in [-0.1, -0.05) is 0 Å². The van der Waals surface area contributed by atoms with E-state index in [9.17, 15) is 13.2 Å². The lowest BCUT2D eigenvalue weighted by atomic mass is 9.96. The molecule has 2 unspecified atom stereocenters. The lowest BCUT2D eigenvalue weighted by molar-refractivity contribution is -0.214. The molecule has 0 saturated heterocycles. The number of ether oxygens (including phenoxy) is 1. The number of halogens is 3. The van der Waals surface area contributed by atoms with Gasteiger partial charge in [0.1, 0.15) is 0 Å². The molecule has 0 fully saturated rings. The minimum atomic E-state index is -4.29. The number of nitrogens with one attached hydrogen (secondary N) is 1. The standard InChI is InChI=1S/C11H22F3NO2/c1-9(11(12,13)14)17-7-5-4-6-10(2,8-16)15-3/h9,15-16H,4-8H2,1-3H3. The fourth-order valence-corrected chi connectivity index (χ4v) is 1.25. The van der Waals surface area contributed by atoms with Gasteiger partial charge in [0.2, 0.25) is 0 Å². The van der Waals surface area contributed by atoms with Crippen LogP contribution in [0.2, 0.25) is 0 Å². The molecule has 0 saturated carbocycles. The Kier molecular flexibility index (Phi) is 7.04. The van der Waals surface area contributed by atoms with E-state index in [1.807, 2.05) is 6.92 Å². The molecular formula is C11H22F3NO2. The number of hydrogen-bond acceptors (Lipinski definition) is 3. The average Bonchev–Trinajstić information content (AvgIpc) is 2.26. The molecule has 3 nitrogen and oxygen atoms in total. The Bertz CT molecular complexity index is 205. The average molecular weight is 257 g/mol. The first-order valence-electron chi connectivity index (χ1n) is 5.73. The van der Waals surface area contributed by atoms with Crippen LogP contribution in [0.25, 0.3) is 0 Å². The minimum Gasteiger partial charge on any atom is -0.394 e. The maximum absolute atomic E-state index is 12.1. The molecule has 0 aliphatic heterocycles. The van der Waals surface area contributed by atoms with Gasteiger partial charge in [-0.2, -0.15) is 13.2 Å². The van der Waals surface area contributed by atoms with Crippen molar-refractivity contribution in [2.24, 2.45) is 0 Å². The predicted octanol–water partition coefficient (Wildman–Crippen LogP) is 2.09. The van der Waals surface area contributed by atoms with E-state index in [0.717, 1.165) is 6.92 Å². The largest absolute Gasteiger partial charge is 0.414 e. The van der Waals surface area contributed by atoms with E-state index in [1.54, 1.807) is 7.05 Å². The Morgan fingerprint density at radius 3 is 2.29 bits per heavy atom. The second-order valence-corrected chi connectivity index (χ2v) is 4.48. The van der Waals surface area contributed by atoms with Gasteiger partial charge in [0.05, 0.1) is 6.61 Å². The highest BCUT2D eigenvalue weighted by Crippen LogP contribution is 2.22. The van der Waals surface area contributed by atoms with Crippen molar-refractivity contribution in [2.75, 3.05) is 20.3 Å². The maximum atomic E-state index is 12.1. The van der Waals surface area contributed by atoms with Gasteiger partial charge < -0.3 is 15.2 Å².